The summed E-state index contributed by atoms with van der Waals surface area (Å²) in [4.78, 5) is 11.2. The fourth-order valence-corrected chi connectivity index (χ4v) is 1.43. The van der Waals surface area contributed by atoms with Gasteiger partial charge in [0.05, 0.1) is 0 Å². The normalized spacial score (nSPS) is 10.5. The zero-order valence-electron chi connectivity index (χ0n) is 6.90. The maximum atomic E-state index is 11.2. The Kier molecular flexibility index (Phi) is 2.07. The molecule has 1 aromatic heterocycles. The number of carbonyl (C=O) groups is 1. The van der Waals surface area contributed by atoms with E-state index >= 15 is 0 Å². The highest BCUT2D eigenvalue weighted by Crippen LogP contribution is 2.14. The van der Waals surface area contributed by atoms with Crippen LogP contribution >= 0.6 is 11.6 Å². The third-order valence-corrected chi connectivity index (χ3v) is 2.18. The van der Waals surface area contributed by atoms with E-state index in [9.17, 15) is 4.79 Å². The van der Waals surface area contributed by atoms with Gasteiger partial charge in [-0.3, -0.25) is 9.36 Å². The van der Waals surface area contributed by atoms with Crippen LogP contribution in [-0.2, 0) is 0 Å². The van der Waals surface area contributed by atoms with Crippen LogP contribution in [0, 0.1) is 0 Å². The predicted molar refractivity (Wildman–Crippen MR) is 53.3 cm³/mol. The first kappa shape index (κ1) is 8.32. The molecule has 0 radical (unpaired) electrons. The first-order valence-electron chi connectivity index (χ1n) is 3.97. The summed E-state index contributed by atoms with van der Waals surface area (Å²) in [7, 11) is 0. The first-order chi connectivity index (χ1) is 6.31. The molecule has 0 unspecified atom stereocenters. The molecule has 0 saturated heterocycles. The molecular weight excluding hydrogens is 186 g/mol. The maximum Gasteiger partial charge on any atom is 0.245 e. The van der Waals surface area contributed by atoms with E-state index in [1.54, 1.807) is 12.4 Å². The number of halogens is 1. The molecule has 3 heteroatoms. The molecular formula is C10H8ClNO. The summed E-state index contributed by atoms with van der Waals surface area (Å²) in [5.41, 5.74) is 0. The fraction of sp³-hybridized carbons (Fsp3) is 0.100. The van der Waals surface area contributed by atoms with Crippen LogP contribution in [0.25, 0.3) is 10.8 Å². The molecule has 0 bridgehead atoms. The lowest BCUT2D eigenvalue weighted by atomic mass is 10.2. The minimum atomic E-state index is -0.0992. The lowest BCUT2D eigenvalue weighted by molar-refractivity contribution is 0.0941. The van der Waals surface area contributed by atoms with Gasteiger partial charge >= 0.3 is 0 Å². The molecule has 0 aliphatic heterocycles. The van der Waals surface area contributed by atoms with Crippen LogP contribution in [0.3, 0.4) is 0 Å². The molecule has 0 saturated carbocycles. The minimum absolute atomic E-state index is 0.0149. The number of benzene rings is 1. The summed E-state index contributed by atoms with van der Waals surface area (Å²) >= 11 is 5.44. The van der Waals surface area contributed by atoms with E-state index in [0.29, 0.717) is 0 Å². The highest BCUT2D eigenvalue weighted by atomic mass is 35.5. The Hall–Kier alpha value is -1.28. The van der Waals surface area contributed by atoms with Crippen molar-refractivity contribution in [2.24, 2.45) is 0 Å². The van der Waals surface area contributed by atoms with Gasteiger partial charge in [-0.1, -0.05) is 24.3 Å². The quantitative estimate of drug-likeness (QED) is 0.638. The Labute approximate surface area is 80.7 Å². The zero-order valence-corrected chi connectivity index (χ0v) is 7.66. The molecule has 2 aromatic rings. The van der Waals surface area contributed by atoms with Crippen molar-refractivity contribution in [2.45, 2.75) is 0 Å². The standard InChI is InChI=1S/C10H8ClNO/c11-5-10(13)12-6-8-3-1-2-4-9(8)7-12/h1-4,6-7H,5H2. The smallest absolute Gasteiger partial charge is 0.245 e. The number of alkyl halides is 1. The van der Waals surface area contributed by atoms with Gasteiger partial charge in [0, 0.05) is 12.4 Å². The maximum absolute atomic E-state index is 11.2. The Bertz CT molecular complexity index is 414. The van der Waals surface area contributed by atoms with Gasteiger partial charge < -0.3 is 0 Å². The lowest BCUT2D eigenvalue weighted by Gasteiger charge is -1.93. The van der Waals surface area contributed by atoms with Gasteiger partial charge in [-0.15, -0.1) is 11.6 Å². The average Bonchev–Trinajstić information content (AvgIpc) is 2.59. The van der Waals surface area contributed by atoms with E-state index in [1.807, 2.05) is 24.3 Å². The Morgan fingerprint density at radius 1 is 1.23 bits per heavy atom. The van der Waals surface area contributed by atoms with Crippen LogP contribution in [0.2, 0.25) is 0 Å². The van der Waals surface area contributed by atoms with Crippen LogP contribution in [-0.4, -0.2) is 16.4 Å². The van der Waals surface area contributed by atoms with E-state index < -0.39 is 0 Å². The third kappa shape index (κ3) is 1.45. The Balaban J connectivity index is 2.56. The third-order valence-electron chi connectivity index (χ3n) is 1.95. The average molecular weight is 194 g/mol. The first-order valence-corrected chi connectivity index (χ1v) is 4.50. The highest BCUT2D eigenvalue weighted by molar-refractivity contribution is 6.27. The highest BCUT2D eigenvalue weighted by Gasteiger charge is 2.03. The van der Waals surface area contributed by atoms with Crippen molar-refractivity contribution < 1.29 is 4.79 Å². The minimum Gasteiger partial charge on any atom is -0.292 e. The van der Waals surface area contributed by atoms with Gasteiger partial charge in [-0.25, -0.2) is 0 Å². The van der Waals surface area contributed by atoms with Crippen LogP contribution in [0.4, 0.5) is 0 Å². The van der Waals surface area contributed by atoms with E-state index in [1.165, 1.54) is 4.57 Å². The molecule has 2 rings (SSSR count). The van der Waals surface area contributed by atoms with Gasteiger partial charge in [0.1, 0.15) is 5.88 Å². The molecule has 0 aliphatic rings. The van der Waals surface area contributed by atoms with Gasteiger partial charge in [0.25, 0.3) is 0 Å². The molecule has 66 valence electrons. The molecule has 1 heterocycles. The molecule has 0 fully saturated rings. The number of hydrogen-bond acceptors (Lipinski definition) is 1. The topological polar surface area (TPSA) is 22.0 Å². The van der Waals surface area contributed by atoms with Gasteiger partial charge in [0.15, 0.2) is 0 Å². The molecule has 0 spiro atoms. The Morgan fingerprint density at radius 3 is 2.23 bits per heavy atom. The van der Waals surface area contributed by atoms with Crippen LogP contribution < -0.4 is 0 Å². The molecule has 0 amide bonds. The van der Waals surface area contributed by atoms with Gasteiger partial charge in [0.2, 0.25) is 5.91 Å². The summed E-state index contributed by atoms with van der Waals surface area (Å²) in [6.45, 7) is 0. The van der Waals surface area contributed by atoms with Crippen molar-refractivity contribution in [3.63, 3.8) is 0 Å². The largest absolute Gasteiger partial charge is 0.292 e. The molecule has 0 N–H and O–H groups in total. The summed E-state index contributed by atoms with van der Waals surface area (Å²) in [5, 5.41) is 2.11. The van der Waals surface area contributed by atoms with E-state index in [2.05, 4.69) is 0 Å². The molecule has 0 atom stereocenters. The van der Waals surface area contributed by atoms with Crippen LogP contribution in [0.5, 0.6) is 0 Å². The monoisotopic (exact) mass is 193 g/mol. The summed E-state index contributed by atoms with van der Waals surface area (Å²) in [6, 6.07) is 7.82. The summed E-state index contributed by atoms with van der Waals surface area (Å²) < 4.78 is 1.53. The molecule has 0 aliphatic carbocycles. The van der Waals surface area contributed by atoms with E-state index in [-0.39, 0.29) is 11.8 Å². The van der Waals surface area contributed by atoms with E-state index in [4.69, 9.17) is 11.6 Å². The second-order valence-electron chi connectivity index (χ2n) is 2.82. The molecule has 1 aromatic carbocycles. The number of carbonyl (C=O) groups excluding carboxylic acids is 1. The van der Waals surface area contributed by atoms with E-state index in [0.717, 1.165) is 10.8 Å². The van der Waals surface area contributed by atoms with Gasteiger partial charge in [-0.05, 0) is 10.8 Å². The molecule has 13 heavy (non-hydrogen) atoms. The van der Waals surface area contributed by atoms with Crippen LogP contribution in [0.1, 0.15) is 4.79 Å². The number of nitrogens with zero attached hydrogens (tertiary/aromatic N) is 1. The van der Waals surface area contributed by atoms with Crippen molar-refractivity contribution in [3.8, 4) is 0 Å². The van der Waals surface area contributed by atoms with Crippen molar-refractivity contribution in [3.05, 3.63) is 36.7 Å². The van der Waals surface area contributed by atoms with Crippen molar-refractivity contribution in [2.75, 3.05) is 5.88 Å². The second kappa shape index (κ2) is 3.23. The number of rotatable bonds is 1. The van der Waals surface area contributed by atoms with Crippen molar-refractivity contribution >= 4 is 28.3 Å². The zero-order chi connectivity index (χ0) is 9.26. The second-order valence-corrected chi connectivity index (χ2v) is 3.09. The SMILES string of the molecule is O=C(CCl)n1cc2ccccc2c1. The Morgan fingerprint density at radius 2 is 1.77 bits per heavy atom. The van der Waals surface area contributed by atoms with Crippen molar-refractivity contribution in [1.29, 1.82) is 0 Å². The lowest BCUT2D eigenvalue weighted by Crippen LogP contribution is -2.08. The van der Waals surface area contributed by atoms with Crippen LogP contribution in [0.15, 0.2) is 36.7 Å². The fourth-order valence-electron chi connectivity index (χ4n) is 1.30. The summed E-state index contributed by atoms with van der Waals surface area (Å²) in [5.74, 6) is -0.0843. The van der Waals surface area contributed by atoms with Crippen molar-refractivity contribution in [1.82, 2.24) is 4.57 Å². The predicted octanol–water partition coefficient (Wildman–Crippen LogP) is 2.52. The summed E-state index contributed by atoms with van der Waals surface area (Å²) in [6.07, 6.45) is 3.58. The van der Waals surface area contributed by atoms with Gasteiger partial charge in [-0.2, -0.15) is 0 Å². The number of hydrogen-bond donors (Lipinski definition) is 0. The number of aromatic nitrogens is 1. The number of fused-ring (bicyclic) bond motifs is 1. The molecule has 2 nitrogen and oxygen atoms in total.